The highest BCUT2D eigenvalue weighted by Gasteiger charge is 2.23. The minimum atomic E-state index is -3.61. The molecule has 1 fully saturated rings. The van der Waals surface area contributed by atoms with E-state index in [1.165, 1.54) is 24.3 Å². The van der Waals surface area contributed by atoms with Crippen LogP contribution >= 0.6 is 0 Å². The van der Waals surface area contributed by atoms with Gasteiger partial charge in [0.05, 0.1) is 17.8 Å². The van der Waals surface area contributed by atoms with Gasteiger partial charge in [-0.3, -0.25) is 4.79 Å². The molecule has 3 N–H and O–H groups in total. The quantitative estimate of drug-likeness (QED) is 0.660. The second kappa shape index (κ2) is 7.77. The average Bonchev–Trinajstić information content (AvgIpc) is 3.28. The third-order valence-corrected chi connectivity index (χ3v) is 5.45. The molecule has 0 bridgehead atoms. The van der Waals surface area contributed by atoms with Crippen LogP contribution in [-0.2, 0) is 21.2 Å². The number of rotatable bonds is 7. The molecule has 1 amide bonds. The monoisotopic (exact) mass is 364 g/mol. The molecular weight excluding hydrogens is 344 g/mol. The molecule has 1 atom stereocenters. The predicted octanol–water partition coefficient (Wildman–Crippen LogP) is 0.449. The number of imidazole rings is 1. The summed E-state index contributed by atoms with van der Waals surface area (Å²) in [4.78, 5) is 19.1. The number of ether oxygens (including phenoxy) is 1. The van der Waals surface area contributed by atoms with Crippen molar-refractivity contribution in [2.75, 3.05) is 19.8 Å². The summed E-state index contributed by atoms with van der Waals surface area (Å²) in [6, 6.07) is 5.68. The van der Waals surface area contributed by atoms with Gasteiger partial charge in [-0.15, -0.1) is 0 Å². The summed E-state index contributed by atoms with van der Waals surface area (Å²) < 4.78 is 32.4. The van der Waals surface area contributed by atoms with Gasteiger partial charge in [-0.2, -0.15) is 0 Å². The Hall–Kier alpha value is -2.23. The number of aromatic amines is 1. The first-order chi connectivity index (χ1) is 12.0. The van der Waals surface area contributed by atoms with Crippen molar-refractivity contribution in [3.05, 3.63) is 48.0 Å². The van der Waals surface area contributed by atoms with Gasteiger partial charge in [0.25, 0.3) is 5.91 Å². The first-order valence-electron chi connectivity index (χ1n) is 8.00. The smallest absolute Gasteiger partial charge is 0.251 e. The van der Waals surface area contributed by atoms with Gasteiger partial charge in [-0.1, -0.05) is 0 Å². The molecule has 0 aliphatic carbocycles. The van der Waals surface area contributed by atoms with Crippen molar-refractivity contribution in [2.45, 2.75) is 23.8 Å². The molecule has 0 radical (unpaired) electrons. The van der Waals surface area contributed by atoms with Crippen molar-refractivity contribution in [3.8, 4) is 0 Å². The lowest BCUT2D eigenvalue weighted by atomic mass is 10.2. The Labute approximate surface area is 146 Å². The molecule has 9 heteroatoms. The third kappa shape index (κ3) is 4.65. The summed E-state index contributed by atoms with van der Waals surface area (Å²) in [6.45, 7) is 1.41. The highest BCUT2D eigenvalue weighted by Crippen LogP contribution is 2.13. The van der Waals surface area contributed by atoms with E-state index in [1.807, 2.05) is 0 Å². The van der Waals surface area contributed by atoms with E-state index in [0.717, 1.165) is 5.69 Å². The van der Waals surface area contributed by atoms with Crippen molar-refractivity contribution in [2.24, 2.45) is 0 Å². The standard InChI is InChI=1S/C16H20N4O4S/c21-16(18-7-5-13-9-17-11-19-13)12-1-3-15(4-2-12)25(22,23)20-14-6-8-24-10-14/h1-4,9,11,14,20H,5-8,10H2,(H,17,19)(H,18,21). The Morgan fingerprint density at radius 3 is 2.76 bits per heavy atom. The molecule has 0 spiro atoms. The number of hydrogen-bond acceptors (Lipinski definition) is 5. The molecule has 134 valence electrons. The SMILES string of the molecule is O=C(NCCc1cnc[nH]1)c1ccc(S(=O)(=O)NC2CCOC2)cc1. The van der Waals surface area contributed by atoms with Crippen molar-refractivity contribution < 1.29 is 17.9 Å². The molecule has 0 saturated carbocycles. The Morgan fingerprint density at radius 2 is 2.12 bits per heavy atom. The molecule has 25 heavy (non-hydrogen) atoms. The number of sulfonamides is 1. The first-order valence-corrected chi connectivity index (χ1v) is 9.48. The van der Waals surface area contributed by atoms with E-state index < -0.39 is 10.0 Å². The average molecular weight is 364 g/mol. The van der Waals surface area contributed by atoms with Crippen LogP contribution in [0.4, 0.5) is 0 Å². The molecule has 8 nitrogen and oxygen atoms in total. The maximum Gasteiger partial charge on any atom is 0.251 e. The topological polar surface area (TPSA) is 113 Å². The van der Waals surface area contributed by atoms with E-state index in [1.54, 1.807) is 12.5 Å². The molecule has 1 unspecified atom stereocenters. The number of benzene rings is 1. The molecule has 3 rings (SSSR count). The van der Waals surface area contributed by atoms with Crippen LogP contribution in [-0.4, -0.2) is 50.1 Å². The number of carbonyl (C=O) groups excluding carboxylic acids is 1. The second-order valence-electron chi connectivity index (χ2n) is 5.79. The van der Waals surface area contributed by atoms with Crippen LogP contribution in [0.25, 0.3) is 0 Å². The molecular formula is C16H20N4O4S. The maximum absolute atomic E-state index is 12.3. The van der Waals surface area contributed by atoms with Crippen molar-refractivity contribution in [1.82, 2.24) is 20.0 Å². The van der Waals surface area contributed by atoms with E-state index in [2.05, 4.69) is 20.0 Å². The Balaban J connectivity index is 1.56. The largest absolute Gasteiger partial charge is 0.380 e. The molecule has 1 saturated heterocycles. The number of amides is 1. The van der Waals surface area contributed by atoms with Crippen LogP contribution in [0.5, 0.6) is 0 Å². The molecule has 1 aliphatic heterocycles. The summed E-state index contributed by atoms with van der Waals surface area (Å²) in [5.74, 6) is -0.249. The lowest BCUT2D eigenvalue weighted by Crippen LogP contribution is -2.35. The zero-order chi connectivity index (χ0) is 17.7. The molecule has 1 aliphatic rings. The Bertz CT molecular complexity index is 797. The summed E-state index contributed by atoms with van der Waals surface area (Å²) >= 11 is 0. The van der Waals surface area contributed by atoms with Crippen molar-refractivity contribution in [3.63, 3.8) is 0 Å². The summed E-state index contributed by atoms with van der Waals surface area (Å²) in [6.07, 6.45) is 4.60. The summed E-state index contributed by atoms with van der Waals surface area (Å²) in [5, 5.41) is 2.79. The van der Waals surface area contributed by atoms with Gasteiger partial charge in [0, 0.05) is 43.1 Å². The Kier molecular flexibility index (Phi) is 5.47. The van der Waals surface area contributed by atoms with E-state index in [4.69, 9.17) is 4.74 Å². The van der Waals surface area contributed by atoms with Crippen molar-refractivity contribution in [1.29, 1.82) is 0 Å². The fourth-order valence-corrected chi connectivity index (χ4v) is 3.79. The van der Waals surface area contributed by atoms with E-state index in [9.17, 15) is 13.2 Å². The maximum atomic E-state index is 12.3. The highest BCUT2D eigenvalue weighted by molar-refractivity contribution is 7.89. The summed E-state index contributed by atoms with van der Waals surface area (Å²) in [5.41, 5.74) is 1.34. The Morgan fingerprint density at radius 1 is 1.32 bits per heavy atom. The summed E-state index contributed by atoms with van der Waals surface area (Å²) in [7, 11) is -3.61. The van der Waals surface area contributed by atoms with Crippen LogP contribution in [0.2, 0.25) is 0 Å². The van der Waals surface area contributed by atoms with Gasteiger partial charge in [-0.25, -0.2) is 18.1 Å². The van der Waals surface area contributed by atoms with Crippen LogP contribution < -0.4 is 10.0 Å². The lowest BCUT2D eigenvalue weighted by Gasteiger charge is -2.11. The van der Waals surface area contributed by atoms with Gasteiger partial charge in [0.2, 0.25) is 10.0 Å². The van der Waals surface area contributed by atoms with E-state index in [0.29, 0.717) is 38.2 Å². The minimum absolute atomic E-state index is 0.133. The first kappa shape index (κ1) is 17.6. The molecule has 2 aromatic rings. The van der Waals surface area contributed by atoms with E-state index >= 15 is 0 Å². The molecule has 2 heterocycles. The number of aromatic nitrogens is 2. The zero-order valence-corrected chi connectivity index (χ0v) is 14.4. The van der Waals surface area contributed by atoms with Crippen LogP contribution in [0.1, 0.15) is 22.5 Å². The van der Waals surface area contributed by atoms with E-state index in [-0.39, 0.29) is 16.8 Å². The van der Waals surface area contributed by atoms with Gasteiger partial charge in [-0.05, 0) is 30.7 Å². The number of nitrogens with zero attached hydrogens (tertiary/aromatic N) is 1. The third-order valence-electron chi connectivity index (χ3n) is 3.91. The van der Waals surface area contributed by atoms with Gasteiger partial charge in [0.15, 0.2) is 0 Å². The number of H-pyrrole nitrogens is 1. The normalized spacial score (nSPS) is 17.5. The van der Waals surface area contributed by atoms with Gasteiger partial charge >= 0.3 is 0 Å². The van der Waals surface area contributed by atoms with Crippen molar-refractivity contribution >= 4 is 15.9 Å². The lowest BCUT2D eigenvalue weighted by molar-refractivity contribution is 0.0954. The predicted molar refractivity (Wildman–Crippen MR) is 90.6 cm³/mol. The zero-order valence-electron chi connectivity index (χ0n) is 13.6. The van der Waals surface area contributed by atoms with Crippen LogP contribution in [0.15, 0.2) is 41.7 Å². The number of hydrogen-bond donors (Lipinski definition) is 3. The minimum Gasteiger partial charge on any atom is -0.380 e. The fraction of sp³-hybridized carbons (Fsp3) is 0.375. The molecule has 1 aromatic heterocycles. The van der Waals surface area contributed by atoms with Crippen LogP contribution in [0.3, 0.4) is 0 Å². The van der Waals surface area contributed by atoms with Crippen LogP contribution in [0, 0.1) is 0 Å². The second-order valence-corrected chi connectivity index (χ2v) is 7.50. The number of nitrogens with one attached hydrogen (secondary N) is 3. The highest BCUT2D eigenvalue weighted by atomic mass is 32.2. The van der Waals surface area contributed by atoms with Gasteiger partial charge in [0.1, 0.15) is 0 Å². The van der Waals surface area contributed by atoms with Gasteiger partial charge < -0.3 is 15.0 Å². The number of carbonyl (C=O) groups is 1. The molecule has 1 aromatic carbocycles. The fourth-order valence-electron chi connectivity index (χ4n) is 2.53.